The number of carboxylic acid groups (broad SMARTS) is 1. The molecule has 1 rings (SSSR count). The third-order valence-electron chi connectivity index (χ3n) is 2.86. The van der Waals surface area contributed by atoms with Crippen molar-refractivity contribution in [1.29, 1.82) is 0 Å². The number of carbonyl (C=O) groups is 3. The maximum Gasteiger partial charge on any atom is 0.224 e. The average Bonchev–Trinajstić information content (AvgIpc) is 2.43. The average molecular weight is 291 g/mol. The molecule has 0 atom stereocenters. The van der Waals surface area contributed by atoms with Crippen LogP contribution < -0.4 is 15.7 Å². The molecule has 0 aliphatic carbocycles. The lowest BCUT2D eigenvalue weighted by molar-refractivity contribution is -0.255. The second-order valence-electron chi connectivity index (χ2n) is 4.71. The zero-order valence-electron chi connectivity index (χ0n) is 12.0. The Labute approximate surface area is 123 Å². The fraction of sp³-hybridized carbons (Fsp3) is 0.400. The molecular weight excluding hydrogens is 272 g/mol. The van der Waals surface area contributed by atoms with Crippen LogP contribution in [0, 0.1) is 0 Å². The first kappa shape index (κ1) is 16.7. The Hall–Kier alpha value is -2.37. The Morgan fingerprint density at radius 2 is 1.71 bits per heavy atom. The summed E-state index contributed by atoms with van der Waals surface area (Å²) in [5.74, 6) is -1.41. The number of unbranched alkanes of at least 4 members (excludes halogenated alkanes) is 2. The molecule has 114 valence electrons. The van der Waals surface area contributed by atoms with Crippen LogP contribution in [0.25, 0.3) is 0 Å². The first-order valence-electron chi connectivity index (χ1n) is 6.84. The zero-order chi connectivity index (χ0) is 15.7. The second kappa shape index (κ2) is 8.73. The van der Waals surface area contributed by atoms with E-state index < -0.39 is 5.97 Å². The van der Waals surface area contributed by atoms with Gasteiger partial charge in [-0.1, -0.05) is 18.6 Å². The third kappa shape index (κ3) is 7.10. The number of amides is 2. The smallest absolute Gasteiger partial charge is 0.224 e. The number of carboxylic acids is 1. The molecule has 0 radical (unpaired) electrons. The van der Waals surface area contributed by atoms with E-state index in [4.69, 9.17) is 0 Å². The minimum absolute atomic E-state index is 0.0484. The molecule has 21 heavy (non-hydrogen) atoms. The summed E-state index contributed by atoms with van der Waals surface area (Å²) < 4.78 is 0. The molecule has 0 aliphatic heterocycles. The monoisotopic (exact) mass is 291 g/mol. The molecular formula is C15H19N2O4-. The molecule has 0 spiro atoms. The lowest BCUT2D eigenvalue weighted by atomic mass is 10.1. The molecule has 0 heterocycles. The van der Waals surface area contributed by atoms with Gasteiger partial charge in [-0.05, 0) is 30.5 Å². The first-order chi connectivity index (χ1) is 9.99. The van der Waals surface area contributed by atoms with Crippen molar-refractivity contribution < 1.29 is 19.5 Å². The third-order valence-corrected chi connectivity index (χ3v) is 2.86. The normalized spacial score (nSPS) is 9.95. The van der Waals surface area contributed by atoms with Crippen LogP contribution >= 0.6 is 0 Å². The van der Waals surface area contributed by atoms with Gasteiger partial charge in [0, 0.05) is 25.6 Å². The molecule has 6 heteroatoms. The number of anilines is 1. The van der Waals surface area contributed by atoms with Crippen LogP contribution in [0.2, 0.25) is 0 Å². The van der Waals surface area contributed by atoms with Crippen molar-refractivity contribution >= 4 is 23.5 Å². The topological polar surface area (TPSA) is 98.3 Å². The summed E-state index contributed by atoms with van der Waals surface area (Å²) in [5, 5.41) is 16.0. The van der Waals surface area contributed by atoms with Gasteiger partial charge < -0.3 is 20.5 Å². The molecule has 0 saturated carbocycles. The number of benzene rings is 1. The van der Waals surface area contributed by atoms with Crippen LogP contribution in [0.1, 0.15) is 43.0 Å². The highest BCUT2D eigenvalue weighted by Crippen LogP contribution is 2.10. The van der Waals surface area contributed by atoms with Gasteiger partial charge in [0.2, 0.25) is 11.8 Å². The molecule has 0 unspecified atom stereocenters. The van der Waals surface area contributed by atoms with Crippen LogP contribution in [-0.2, 0) is 9.59 Å². The number of aromatic carboxylic acids is 1. The van der Waals surface area contributed by atoms with Crippen LogP contribution in [0.15, 0.2) is 24.3 Å². The summed E-state index contributed by atoms with van der Waals surface area (Å²) in [5.41, 5.74) is 0.634. The highest BCUT2D eigenvalue weighted by atomic mass is 16.4. The van der Waals surface area contributed by atoms with Crippen molar-refractivity contribution in [1.82, 2.24) is 5.32 Å². The predicted octanol–water partition coefficient (Wildman–Crippen LogP) is 0.685. The Balaban J connectivity index is 2.21. The van der Waals surface area contributed by atoms with E-state index in [-0.39, 0.29) is 17.4 Å². The standard InChI is InChI=1S/C15H20N2O4/c1-11(18)16-10-4-2-3-5-14(19)17-13-8-6-12(7-9-13)15(20)21/h6-9H,2-5,10H2,1H3,(H,16,18)(H,17,19)(H,20,21)/p-1. The van der Waals surface area contributed by atoms with E-state index >= 15 is 0 Å². The predicted molar refractivity (Wildman–Crippen MR) is 76.6 cm³/mol. The number of hydrogen-bond donors (Lipinski definition) is 2. The van der Waals surface area contributed by atoms with Crippen molar-refractivity contribution in [3.63, 3.8) is 0 Å². The molecule has 1 aromatic carbocycles. The van der Waals surface area contributed by atoms with Crippen molar-refractivity contribution in [2.75, 3.05) is 11.9 Å². The van der Waals surface area contributed by atoms with Crippen LogP contribution in [-0.4, -0.2) is 24.3 Å². The highest BCUT2D eigenvalue weighted by molar-refractivity contribution is 5.92. The Morgan fingerprint density at radius 1 is 1.05 bits per heavy atom. The molecule has 0 bridgehead atoms. The number of rotatable bonds is 8. The summed E-state index contributed by atoms with van der Waals surface area (Å²) in [6.45, 7) is 2.10. The maximum atomic E-state index is 11.7. The Morgan fingerprint density at radius 3 is 2.29 bits per heavy atom. The van der Waals surface area contributed by atoms with Gasteiger partial charge in [0.25, 0.3) is 0 Å². The lowest BCUT2D eigenvalue weighted by Crippen LogP contribution is -2.22. The minimum atomic E-state index is -1.24. The summed E-state index contributed by atoms with van der Waals surface area (Å²) in [6.07, 6.45) is 2.83. The lowest BCUT2D eigenvalue weighted by Gasteiger charge is -2.07. The van der Waals surface area contributed by atoms with Crippen LogP contribution in [0.4, 0.5) is 5.69 Å². The molecule has 1 aromatic rings. The first-order valence-corrected chi connectivity index (χ1v) is 6.84. The Kier molecular flexibility index (Phi) is 6.94. The summed E-state index contributed by atoms with van der Waals surface area (Å²) >= 11 is 0. The number of hydrogen-bond acceptors (Lipinski definition) is 4. The van der Waals surface area contributed by atoms with Gasteiger partial charge >= 0.3 is 0 Å². The molecule has 2 amide bonds. The molecule has 0 aliphatic rings. The molecule has 6 nitrogen and oxygen atoms in total. The largest absolute Gasteiger partial charge is 0.545 e. The minimum Gasteiger partial charge on any atom is -0.545 e. The molecule has 0 fully saturated rings. The highest BCUT2D eigenvalue weighted by Gasteiger charge is 2.02. The van der Waals surface area contributed by atoms with E-state index in [1.807, 2.05) is 0 Å². The zero-order valence-corrected chi connectivity index (χ0v) is 12.0. The van der Waals surface area contributed by atoms with Gasteiger partial charge in [-0.15, -0.1) is 0 Å². The number of nitrogens with one attached hydrogen (secondary N) is 2. The second-order valence-corrected chi connectivity index (χ2v) is 4.71. The quantitative estimate of drug-likeness (QED) is 0.688. The molecule has 0 aromatic heterocycles. The van der Waals surface area contributed by atoms with Gasteiger partial charge in [0.1, 0.15) is 0 Å². The van der Waals surface area contributed by atoms with Crippen molar-refractivity contribution in [3.8, 4) is 0 Å². The maximum absolute atomic E-state index is 11.7. The number of carbonyl (C=O) groups excluding carboxylic acids is 3. The van der Waals surface area contributed by atoms with Gasteiger partial charge in [-0.3, -0.25) is 9.59 Å². The van der Waals surface area contributed by atoms with Gasteiger partial charge in [-0.25, -0.2) is 0 Å². The summed E-state index contributed by atoms with van der Waals surface area (Å²) in [6, 6.07) is 5.83. The van der Waals surface area contributed by atoms with E-state index in [1.165, 1.54) is 31.2 Å². The summed E-state index contributed by atoms with van der Waals surface area (Å²) in [7, 11) is 0. The van der Waals surface area contributed by atoms with E-state index in [1.54, 1.807) is 0 Å². The van der Waals surface area contributed by atoms with Crippen molar-refractivity contribution in [2.24, 2.45) is 0 Å². The Bertz CT molecular complexity index is 497. The van der Waals surface area contributed by atoms with Crippen LogP contribution in [0.3, 0.4) is 0 Å². The van der Waals surface area contributed by atoms with Gasteiger partial charge in [0.05, 0.1) is 5.97 Å². The SMILES string of the molecule is CC(=O)NCCCCCC(=O)Nc1ccc(C(=O)[O-])cc1. The van der Waals surface area contributed by atoms with Gasteiger partial charge in [-0.2, -0.15) is 0 Å². The van der Waals surface area contributed by atoms with E-state index in [2.05, 4.69) is 10.6 Å². The fourth-order valence-electron chi connectivity index (χ4n) is 1.76. The molecule has 0 saturated heterocycles. The van der Waals surface area contributed by atoms with Gasteiger partial charge in [0.15, 0.2) is 0 Å². The van der Waals surface area contributed by atoms with Crippen LogP contribution in [0.5, 0.6) is 0 Å². The molecule has 2 N–H and O–H groups in total. The van der Waals surface area contributed by atoms with Crippen molar-refractivity contribution in [3.05, 3.63) is 29.8 Å². The summed E-state index contributed by atoms with van der Waals surface area (Å²) in [4.78, 5) is 32.9. The van der Waals surface area contributed by atoms with Crippen molar-refractivity contribution in [2.45, 2.75) is 32.6 Å². The fourth-order valence-corrected chi connectivity index (χ4v) is 1.76. The van der Waals surface area contributed by atoms with E-state index in [9.17, 15) is 19.5 Å². The van der Waals surface area contributed by atoms with E-state index in [0.29, 0.717) is 18.7 Å². The van der Waals surface area contributed by atoms with E-state index in [0.717, 1.165) is 19.3 Å².